The molecule has 0 aromatic heterocycles. The molecule has 3 heteroatoms. The van der Waals surface area contributed by atoms with Gasteiger partial charge < -0.3 is 15.2 Å². The van der Waals surface area contributed by atoms with Crippen LogP contribution >= 0.6 is 0 Å². The molecule has 2 N–H and O–H groups in total. The van der Waals surface area contributed by atoms with Gasteiger partial charge in [-0.25, -0.2) is 0 Å². The van der Waals surface area contributed by atoms with Crippen molar-refractivity contribution < 1.29 is 9.47 Å². The van der Waals surface area contributed by atoms with Crippen LogP contribution in [0, 0.1) is 0 Å². The van der Waals surface area contributed by atoms with Crippen molar-refractivity contribution in [3.63, 3.8) is 0 Å². The van der Waals surface area contributed by atoms with E-state index in [4.69, 9.17) is 15.2 Å². The van der Waals surface area contributed by atoms with Crippen LogP contribution in [0.15, 0.2) is 24.3 Å². The minimum absolute atomic E-state index is 0.0808. The normalized spacial score (nSPS) is 29.2. The number of hydrogen-bond donors (Lipinski definition) is 1. The topological polar surface area (TPSA) is 44.5 Å². The standard InChI is InChI=1S/C15H21NO2/c1-15(8-3-9-17-15)14(16)11-4-2-5-13(10-11)18-12-6-7-12/h2,4-5,10,12,14H,3,6-9,16H2,1H3. The Kier molecular flexibility index (Phi) is 3.04. The van der Waals surface area contributed by atoms with E-state index in [1.165, 1.54) is 12.8 Å². The molecule has 18 heavy (non-hydrogen) atoms. The average Bonchev–Trinajstić information content (AvgIpc) is 3.08. The predicted molar refractivity (Wildman–Crippen MR) is 70.6 cm³/mol. The van der Waals surface area contributed by atoms with Crippen LogP contribution in [0.5, 0.6) is 5.75 Å². The van der Waals surface area contributed by atoms with Gasteiger partial charge in [0.25, 0.3) is 0 Å². The van der Waals surface area contributed by atoms with Gasteiger partial charge >= 0.3 is 0 Å². The van der Waals surface area contributed by atoms with E-state index in [9.17, 15) is 0 Å². The monoisotopic (exact) mass is 247 g/mol. The Morgan fingerprint density at radius 1 is 1.44 bits per heavy atom. The summed E-state index contributed by atoms with van der Waals surface area (Å²) >= 11 is 0. The first kappa shape index (κ1) is 12.0. The van der Waals surface area contributed by atoms with Crippen LogP contribution in [0.4, 0.5) is 0 Å². The molecule has 2 aliphatic rings. The molecule has 0 radical (unpaired) electrons. The maximum absolute atomic E-state index is 6.37. The Balaban J connectivity index is 1.77. The van der Waals surface area contributed by atoms with Crippen LogP contribution in [-0.2, 0) is 4.74 Å². The summed E-state index contributed by atoms with van der Waals surface area (Å²) in [5.41, 5.74) is 7.25. The molecule has 1 aromatic rings. The molecule has 0 bridgehead atoms. The minimum Gasteiger partial charge on any atom is -0.490 e. The summed E-state index contributed by atoms with van der Waals surface area (Å²) in [6.45, 7) is 2.93. The highest BCUT2D eigenvalue weighted by Crippen LogP contribution is 2.37. The van der Waals surface area contributed by atoms with Gasteiger partial charge in [-0.1, -0.05) is 12.1 Å². The predicted octanol–water partition coefficient (Wildman–Crippen LogP) is 2.80. The highest BCUT2D eigenvalue weighted by atomic mass is 16.5. The molecular weight excluding hydrogens is 226 g/mol. The molecular formula is C15H21NO2. The fourth-order valence-corrected chi connectivity index (χ4v) is 2.56. The third kappa shape index (κ3) is 2.38. The summed E-state index contributed by atoms with van der Waals surface area (Å²) < 4.78 is 11.6. The second-order valence-electron chi connectivity index (χ2n) is 5.63. The van der Waals surface area contributed by atoms with E-state index in [1.807, 2.05) is 12.1 Å². The number of ether oxygens (including phenoxy) is 2. The zero-order chi connectivity index (χ0) is 12.6. The number of nitrogens with two attached hydrogens (primary N) is 1. The summed E-state index contributed by atoms with van der Waals surface area (Å²) in [6.07, 6.45) is 4.91. The lowest BCUT2D eigenvalue weighted by molar-refractivity contribution is -0.00177. The molecule has 3 rings (SSSR count). The van der Waals surface area contributed by atoms with Gasteiger partial charge in [-0.05, 0) is 50.3 Å². The van der Waals surface area contributed by atoms with Crippen molar-refractivity contribution >= 4 is 0 Å². The molecule has 1 saturated carbocycles. The van der Waals surface area contributed by atoms with Crippen molar-refractivity contribution in [1.29, 1.82) is 0 Å². The van der Waals surface area contributed by atoms with Crippen molar-refractivity contribution in [3.8, 4) is 5.75 Å². The van der Waals surface area contributed by atoms with E-state index < -0.39 is 0 Å². The first-order chi connectivity index (χ1) is 8.67. The molecule has 1 aliphatic heterocycles. The van der Waals surface area contributed by atoms with E-state index in [2.05, 4.69) is 19.1 Å². The van der Waals surface area contributed by atoms with Crippen LogP contribution in [0.2, 0.25) is 0 Å². The van der Waals surface area contributed by atoms with Gasteiger partial charge in [-0.15, -0.1) is 0 Å². The Labute approximate surface area is 108 Å². The van der Waals surface area contributed by atoms with Crippen molar-refractivity contribution in [1.82, 2.24) is 0 Å². The Morgan fingerprint density at radius 3 is 2.94 bits per heavy atom. The number of hydrogen-bond acceptors (Lipinski definition) is 3. The summed E-state index contributed by atoms with van der Waals surface area (Å²) in [5, 5.41) is 0. The van der Waals surface area contributed by atoms with Crippen molar-refractivity contribution in [2.45, 2.75) is 50.4 Å². The van der Waals surface area contributed by atoms with Crippen LogP contribution in [0.3, 0.4) is 0 Å². The van der Waals surface area contributed by atoms with Crippen molar-refractivity contribution in [2.24, 2.45) is 5.73 Å². The Hall–Kier alpha value is -1.06. The van der Waals surface area contributed by atoms with Gasteiger partial charge in [0.15, 0.2) is 0 Å². The quantitative estimate of drug-likeness (QED) is 0.889. The highest BCUT2D eigenvalue weighted by Gasteiger charge is 2.37. The summed E-state index contributed by atoms with van der Waals surface area (Å²) in [7, 11) is 0. The molecule has 1 saturated heterocycles. The van der Waals surface area contributed by atoms with Gasteiger partial charge in [0.2, 0.25) is 0 Å². The molecule has 1 heterocycles. The Bertz CT molecular complexity index is 422. The van der Waals surface area contributed by atoms with Crippen molar-refractivity contribution in [2.75, 3.05) is 6.61 Å². The van der Waals surface area contributed by atoms with E-state index >= 15 is 0 Å². The minimum atomic E-state index is -0.224. The second-order valence-corrected chi connectivity index (χ2v) is 5.63. The fourth-order valence-electron chi connectivity index (χ4n) is 2.56. The molecule has 1 aliphatic carbocycles. The van der Waals surface area contributed by atoms with Crippen LogP contribution < -0.4 is 10.5 Å². The molecule has 2 atom stereocenters. The number of rotatable bonds is 4. The third-order valence-corrected chi connectivity index (χ3v) is 3.95. The number of benzene rings is 1. The maximum atomic E-state index is 6.37. The second kappa shape index (κ2) is 4.56. The van der Waals surface area contributed by atoms with Gasteiger partial charge in [0.05, 0.1) is 17.7 Å². The molecule has 0 amide bonds. The van der Waals surface area contributed by atoms with Crippen LogP contribution in [-0.4, -0.2) is 18.3 Å². The summed E-state index contributed by atoms with van der Waals surface area (Å²) in [5.74, 6) is 0.937. The van der Waals surface area contributed by atoms with Gasteiger partial charge in [0, 0.05) is 6.61 Å². The van der Waals surface area contributed by atoms with Crippen LogP contribution in [0.1, 0.15) is 44.2 Å². The zero-order valence-corrected chi connectivity index (χ0v) is 10.9. The molecule has 98 valence electrons. The fraction of sp³-hybridized carbons (Fsp3) is 0.600. The van der Waals surface area contributed by atoms with Gasteiger partial charge in [-0.3, -0.25) is 0 Å². The summed E-state index contributed by atoms with van der Waals surface area (Å²) in [6, 6.07) is 8.08. The molecule has 2 unspecified atom stereocenters. The lowest BCUT2D eigenvalue weighted by Crippen LogP contribution is -2.37. The van der Waals surface area contributed by atoms with E-state index in [-0.39, 0.29) is 11.6 Å². The van der Waals surface area contributed by atoms with E-state index in [0.29, 0.717) is 6.10 Å². The van der Waals surface area contributed by atoms with Gasteiger partial charge in [0.1, 0.15) is 5.75 Å². The SMILES string of the molecule is CC1(C(N)c2cccc(OC3CC3)c2)CCCO1. The lowest BCUT2D eigenvalue weighted by Gasteiger charge is -2.30. The van der Waals surface area contributed by atoms with Gasteiger partial charge in [-0.2, -0.15) is 0 Å². The lowest BCUT2D eigenvalue weighted by atomic mass is 9.88. The smallest absolute Gasteiger partial charge is 0.120 e. The average molecular weight is 247 g/mol. The zero-order valence-electron chi connectivity index (χ0n) is 10.9. The first-order valence-corrected chi connectivity index (χ1v) is 6.83. The van der Waals surface area contributed by atoms with E-state index in [0.717, 1.165) is 30.8 Å². The molecule has 3 nitrogen and oxygen atoms in total. The highest BCUT2D eigenvalue weighted by molar-refractivity contribution is 5.32. The molecule has 2 fully saturated rings. The van der Waals surface area contributed by atoms with E-state index in [1.54, 1.807) is 0 Å². The largest absolute Gasteiger partial charge is 0.490 e. The molecule has 1 aromatic carbocycles. The Morgan fingerprint density at radius 2 is 2.28 bits per heavy atom. The molecule has 0 spiro atoms. The maximum Gasteiger partial charge on any atom is 0.120 e. The van der Waals surface area contributed by atoms with Crippen LogP contribution in [0.25, 0.3) is 0 Å². The third-order valence-electron chi connectivity index (χ3n) is 3.95. The first-order valence-electron chi connectivity index (χ1n) is 6.83. The summed E-state index contributed by atoms with van der Waals surface area (Å²) in [4.78, 5) is 0. The van der Waals surface area contributed by atoms with Crippen molar-refractivity contribution in [3.05, 3.63) is 29.8 Å².